The van der Waals surface area contributed by atoms with Crippen LogP contribution in [0.4, 0.5) is 5.69 Å². The molecule has 3 nitrogen and oxygen atoms in total. The van der Waals surface area contributed by atoms with Crippen LogP contribution in [-0.4, -0.2) is 13.0 Å². The third-order valence-corrected chi connectivity index (χ3v) is 5.69. The molecule has 1 N–H and O–H groups in total. The standard InChI is InChI=1S/C16H18ClNO2/c1-20-12-5-4-10(17)7-11(12)18-16(19)15-13-8-2-3-9(6-8)14(13)15/h4-5,7-9,13-15H,2-3,6H2,1H3,(H,18,19)/t8-,9-,13-,14+,15?/m1/s1. The largest absolute Gasteiger partial charge is 0.495 e. The molecule has 106 valence electrons. The fraction of sp³-hybridized carbons (Fsp3) is 0.562. The Balaban J connectivity index is 1.50. The summed E-state index contributed by atoms with van der Waals surface area (Å²) in [4.78, 5) is 12.5. The number of hydrogen-bond donors (Lipinski definition) is 1. The highest BCUT2D eigenvalue weighted by atomic mass is 35.5. The Morgan fingerprint density at radius 3 is 2.65 bits per heavy atom. The van der Waals surface area contributed by atoms with Crippen molar-refractivity contribution in [2.24, 2.45) is 29.6 Å². The molecule has 20 heavy (non-hydrogen) atoms. The number of anilines is 1. The van der Waals surface area contributed by atoms with E-state index in [1.165, 1.54) is 19.3 Å². The first kappa shape index (κ1) is 12.5. The summed E-state index contributed by atoms with van der Waals surface area (Å²) in [6.45, 7) is 0. The van der Waals surface area contributed by atoms with Gasteiger partial charge in [-0.05, 0) is 61.1 Å². The molecule has 0 aromatic heterocycles. The van der Waals surface area contributed by atoms with Gasteiger partial charge in [0.1, 0.15) is 5.75 Å². The van der Waals surface area contributed by atoms with Gasteiger partial charge in [0.25, 0.3) is 0 Å². The van der Waals surface area contributed by atoms with Gasteiger partial charge in [-0.2, -0.15) is 0 Å². The van der Waals surface area contributed by atoms with Crippen LogP contribution in [0.25, 0.3) is 0 Å². The summed E-state index contributed by atoms with van der Waals surface area (Å²) in [7, 11) is 1.60. The predicted molar refractivity (Wildman–Crippen MR) is 77.9 cm³/mol. The molecule has 3 aliphatic carbocycles. The van der Waals surface area contributed by atoms with E-state index in [1.54, 1.807) is 25.3 Å². The summed E-state index contributed by atoms with van der Waals surface area (Å²) in [6, 6.07) is 5.31. The first-order valence-electron chi connectivity index (χ1n) is 7.33. The number of fused-ring (bicyclic) bond motifs is 5. The number of halogens is 1. The van der Waals surface area contributed by atoms with Gasteiger partial charge in [-0.1, -0.05) is 11.6 Å². The van der Waals surface area contributed by atoms with Crippen molar-refractivity contribution >= 4 is 23.2 Å². The molecule has 5 atom stereocenters. The number of rotatable bonds is 3. The van der Waals surface area contributed by atoms with Gasteiger partial charge in [-0.25, -0.2) is 0 Å². The lowest BCUT2D eigenvalue weighted by Crippen LogP contribution is -2.19. The van der Waals surface area contributed by atoms with E-state index in [0.717, 1.165) is 11.8 Å². The zero-order valence-corrected chi connectivity index (χ0v) is 12.2. The summed E-state index contributed by atoms with van der Waals surface area (Å²) in [5.41, 5.74) is 0.683. The fourth-order valence-corrected chi connectivity index (χ4v) is 4.84. The van der Waals surface area contributed by atoms with Gasteiger partial charge in [0.15, 0.2) is 0 Å². The second-order valence-corrected chi connectivity index (χ2v) is 6.78. The highest BCUT2D eigenvalue weighted by Gasteiger charge is 2.67. The van der Waals surface area contributed by atoms with E-state index in [4.69, 9.17) is 16.3 Å². The summed E-state index contributed by atoms with van der Waals surface area (Å²) in [6.07, 6.45) is 4.02. The maximum absolute atomic E-state index is 12.5. The number of methoxy groups -OCH3 is 1. The van der Waals surface area contributed by atoms with E-state index in [9.17, 15) is 4.79 Å². The zero-order valence-electron chi connectivity index (χ0n) is 11.4. The molecule has 1 amide bonds. The number of carbonyl (C=O) groups excluding carboxylic acids is 1. The van der Waals surface area contributed by atoms with Gasteiger partial charge in [0.05, 0.1) is 12.8 Å². The smallest absolute Gasteiger partial charge is 0.228 e. The lowest BCUT2D eigenvalue weighted by atomic mass is 10.0. The molecule has 1 aromatic rings. The van der Waals surface area contributed by atoms with Crippen LogP contribution in [0.2, 0.25) is 5.02 Å². The summed E-state index contributed by atoms with van der Waals surface area (Å²) in [5, 5.41) is 3.62. The van der Waals surface area contributed by atoms with E-state index in [-0.39, 0.29) is 11.8 Å². The lowest BCUT2D eigenvalue weighted by molar-refractivity contribution is -0.118. The molecule has 0 saturated heterocycles. The highest BCUT2D eigenvalue weighted by Crippen LogP contribution is 2.69. The first-order chi connectivity index (χ1) is 9.69. The maximum atomic E-state index is 12.5. The van der Waals surface area contributed by atoms with E-state index in [0.29, 0.717) is 28.3 Å². The lowest BCUT2D eigenvalue weighted by Gasteiger charge is -2.12. The molecule has 0 heterocycles. The Bertz CT molecular complexity index is 558. The van der Waals surface area contributed by atoms with Gasteiger partial charge in [-0.3, -0.25) is 4.79 Å². The average molecular weight is 292 g/mol. The van der Waals surface area contributed by atoms with Crippen LogP contribution in [0, 0.1) is 29.6 Å². The topological polar surface area (TPSA) is 38.3 Å². The van der Waals surface area contributed by atoms with E-state index < -0.39 is 0 Å². The van der Waals surface area contributed by atoms with E-state index in [2.05, 4.69) is 5.32 Å². The minimum atomic E-state index is 0.150. The number of benzene rings is 1. The van der Waals surface area contributed by atoms with Crippen molar-refractivity contribution < 1.29 is 9.53 Å². The van der Waals surface area contributed by atoms with Crippen LogP contribution in [0.3, 0.4) is 0 Å². The zero-order chi connectivity index (χ0) is 13.9. The second kappa shape index (κ2) is 4.39. The Morgan fingerprint density at radius 2 is 2.00 bits per heavy atom. The highest BCUT2D eigenvalue weighted by molar-refractivity contribution is 6.31. The Labute approximate surface area is 123 Å². The van der Waals surface area contributed by atoms with Crippen LogP contribution in [0.5, 0.6) is 5.75 Å². The molecule has 0 radical (unpaired) electrons. The van der Waals surface area contributed by atoms with E-state index in [1.807, 2.05) is 0 Å². The van der Waals surface area contributed by atoms with Gasteiger partial charge in [0, 0.05) is 10.9 Å². The molecule has 3 aliphatic rings. The van der Waals surface area contributed by atoms with Crippen molar-refractivity contribution in [1.29, 1.82) is 0 Å². The van der Waals surface area contributed by atoms with E-state index >= 15 is 0 Å². The van der Waals surface area contributed by atoms with Crippen LogP contribution in [0.1, 0.15) is 19.3 Å². The van der Waals surface area contributed by atoms with Crippen molar-refractivity contribution in [3.63, 3.8) is 0 Å². The molecule has 3 fully saturated rings. The maximum Gasteiger partial charge on any atom is 0.228 e. The predicted octanol–water partition coefficient (Wildman–Crippen LogP) is 3.58. The van der Waals surface area contributed by atoms with Gasteiger partial charge in [-0.15, -0.1) is 0 Å². The van der Waals surface area contributed by atoms with Crippen LogP contribution < -0.4 is 10.1 Å². The van der Waals surface area contributed by atoms with Crippen molar-refractivity contribution in [3.05, 3.63) is 23.2 Å². The van der Waals surface area contributed by atoms with Gasteiger partial charge >= 0.3 is 0 Å². The Kier molecular flexibility index (Phi) is 2.75. The molecule has 0 aliphatic heterocycles. The normalized spacial score (nSPS) is 36.6. The number of hydrogen-bond acceptors (Lipinski definition) is 2. The summed E-state index contributed by atoms with van der Waals surface area (Å²) >= 11 is 6.00. The average Bonchev–Trinajstić information content (AvgIpc) is 2.88. The molecule has 3 saturated carbocycles. The Morgan fingerprint density at radius 1 is 1.30 bits per heavy atom. The summed E-state index contributed by atoms with van der Waals surface area (Å²) in [5.74, 6) is 3.96. The van der Waals surface area contributed by atoms with Crippen LogP contribution in [-0.2, 0) is 4.79 Å². The van der Waals surface area contributed by atoms with Gasteiger partial charge in [0.2, 0.25) is 5.91 Å². The molecule has 4 rings (SSSR count). The number of nitrogens with one attached hydrogen (secondary N) is 1. The van der Waals surface area contributed by atoms with Gasteiger partial charge < -0.3 is 10.1 Å². The monoisotopic (exact) mass is 291 g/mol. The number of carbonyl (C=O) groups is 1. The molecule has 4 heteroatoms. The van der Waals surface area contributed by atoms with Crippen molar-refractivity contribution in [2.45, 2.75) is 19.3 Å². The van der Waals surface area contributed by atoms with Crippen molar-refractivity contribution in [2.75, 3.05) is 12.4 Å². The first-order valence-corrected chi connectivity index (χ1v) is 7.71. The van der Waals surface area contributed by atoms with Crippen LogP contribution >= 0.6 is 11.6 Å². The molecule has 0 spiro atoms. The number of ether oxygens (including phenoxy) is 1. The van der Waals surface area contributed by atoms with Crippen LogP contribution in [0.15, 0.2) is 18.2 Å². The molecule has 1 aromatic carbocycles. The molecular formula is C16H18ClNO2. The summed E-state index contributed by atoms with van der Waals surface area (Å²) < 4.78 is 5.28. The SMILES string of the molecule is COc1ccc(Cl)cc1NC(=O)C1[C@@H]2[C@@H]3CC[C@H](C3)[C@H]12. The third-order valence-electron chi connectivity index (χ3n) is 5.46. The third kappa shape index (κ3) is 1.76. The second-order valence-electron chi connectivity index (χ2n) is 6.35. The molecular weight excluding hydrogens is 274 g/mol. The molecule has 2 bridgehead atoms. The quantitative estimate of drug-likeness (QED) is 0.924. The minimum Gasteiger partial charge on any atom is -0.495 e. The number of amides is 1. The fourth-order valence-electron chi connectivity index (χ4n) is 4.67. The Hall–Kier alpha value is -1.22. The van der Waals surface area contributed by atoms with Crippen molar-refractivity contribution in [3.8, 4) is 5.75 Å². The minimum absolute atomic E-state index is 0.150. The van der Waals surface area contributed by atoms with Crippen molar-refractivity contribution in [1.82, 2.24) is 0 Å². The molecule has 1 unspecified atom stereocenters.